The van der Waals surface area contributed by atoms with Gasteiger partial charge in [-0.25, -0.2) is 9.37 Å². The molecule has 10 nitrogen and oxygen atoms in total. The van der Waals surface area contributed by atoms with E-state index in [0.717, 1.165) is 18.9 Å². The smallest absolute Gasteiger partial charge is 0.264 e. The van der Waals surface area contributed by atoms with E-state index in [1.54, 1.807) is 49.0 Å². The molecule has 5 rings (SSSR count). The Kier molecular flexibility index (Phi) is 7.29. The van der Waals surface area contributed by atoms with Crippen molar-refractivity contribution in [3.63, 3.8) is 0 Å². The zero-order valence-corrected chi connectivity index (χ0v) is 21.8. The predicted octanol–water partition coefficient (Wildman–Crippen LogP) is 2.80. The monoisotopic (exact) mass is 529 g/mol. The van der Waals surface area contributed by atoms with E-state index in [1.807, 2.05) is 30.0 Å². The highest BCUT2D eigenvalue weighted by Gasteiger charge is 2.48. The fraction of sp³-hybridized carbons (Fsp3) is 0.250. The Morgan fingerprint density at radius 3 is 2.79 bits per heavy atom. The van der Waals surface area contributed by atoms with Gasteiger partial charge in [0.25, 0.3) is 11.7 Å². The van der Waals surface area contributed by atoms with Crippen LogP contribution in [0.5, 0.6) is 0 Å². The van der Waals surface area contributed by atoms with Gasteiger partial charge in [0.05, 0.1) is 24.0 Å². The SMILES string of the molecule is CN(C)CC=CC(=O)N1CCCC1C1=C2C=NC=C[N+]2(N)C(c2ccc(C(=O)Nc3cc(F)ccn3)cc2)=N1. The van der Waals surface area contributed by atoms with Crippen LogP contribution in [0.15, 0.2) is 88.5 Å². The van der Waals surface area contributed by atoms with Crippen LogP contribution in [0.3, 0.4) is 0 Å². The number of likely N-dealkylation sites (tertiary alicyclic amines) is 1. The Balaban J connectivity index is 1.40. The maximum Gasteiger partial charge on any atom is 0.264 e. The van der Waals surface area contributed by atoms with Crippen LogP contribution in [0.2, 0.25) is 0 Å². The first-order valence-electron chi connectivity index (χ1n) is 12.6. The molecule has 11 heteroatoms. The predicted molar refractivity (Wildman–Crippen MR) is 147 cm³/mol. The third kappa shape index (κ3) is 5.32. The number of benzene rings is 1. The number of aromatic nitrogens is 1. The number of carbonyl (C=O) groups is 2. The van der Waals surface area contributed by atoms with E-state index in [9.17, 15) is 14.0 Å². The summed E-state index contributed by atoms with van der Waals surface area (Å²) in [5.74, 6) is 6.59. The summed E-state index contributed by atoms with van der Waals surface area (Å²) in [5, 5.41) is 2.59. The molecule has 1 aromatic heterocycles. The molecule has 0 bridgehead atoms. The number of quaternary nitrogens is 1. The standard InChI is InChI=1S/C28H29FN8O2/c1-35(2)14-4-6-25(38)36-15-3-5-22(36)26-23-18-31-13-16-37(23,30)27(34-26)19-7-9-20(10-8-19)28(39)33-24-17-21(29)11-12-32-24/h4,6-13,16-18,22H,3,5,14-15,30H2,1-2H3/p+1. The van der Waals surface area contributed by atoms with E-state index in [4.69, 9.17) is 10.8 Å². The van der Waals surface area contributed by atoms with Crippen molar-refractivity contribution in [3.05, 3.63) is 95.5 Å². The molecule has 2 unspecified atom stereocenters. The van der Waals surface area contributed by atoms with E-state index in [1.165, 1.54) is 12.3 Å². The minimum Gasteiger partial charge on any atom is -0.330 e. The van der Waals surface area contributed by atoms with E-state index < -0.39 is 11.7 Å². The number of allylic oxidation sites excluding steroid dienone is 1. The Labute approximate surface area is 225 Å². The number of fused-ring (bicyclic) bond motifs is 1. The zero-order valence-electron chi connectivity index (χ0n) is 21.8. The molecule has 1 fully saturated rings. The highest BCUT2D eigenvalue weighted by atomic mass is 19.1. The minimum absolute atomic E-state index is 0.0577. The molecule has 2 aromatic rings. The van der Waals surface area contributed by atoms with Crippen molar-refractivity contribution < 1.29 is 18.6 Å². The quantitative estimate of drug-likeness (QED) is 0.325. The van der Waals surface area contributed by atoms with Gasteiger partial charge in [0.15, 0.2) is 0 Å². The third-order valence-corrected chi connectivity index (χ3v) is 6.77. The number of nitrogens with one attached hydrogen (secondary N) is 1. The Morgan fingerprint density at radius 2 is 2.05 bits per heavy atom. The number of amides is 2. The fourth-order valence-electron chi connectivity index (χ4n) is 4.86. The highest BCUT2D eigenvalue weighted by molar-refractivity contribution is 6.05. The average molecular weight is 530 g/mol. The molecule has 39 heavy (non-hydrogen) atoms. The van der Waals surface area contributed by atoms with Crippen molar-refractivity contribution in [1.29, 1.82) is 0 Å². The third-order valence-electron chi connectivity index (χ3n) is 6.77. The van der Waals surface area contributed by atoms with Crippen LogP contribution in [0.4, 0.5) is 10.2 Å². The van der Waals surface area contributed by atoms with Gasteiger partial charge in [-0.3, -0.25) is 14.6 Å². The lowest BCUT2D eigenvalue weighted by atomic mass is 10.1. The second kappa shape index (κ2) is 10.8. The van der Waals surface area contributed by atoms with Crippen molar-refractivity contribution in [2.75, 3.05) is 32.5 Å². The Bertz CT molecular complexity index is 1440. The van der Waals surface area contributed by atoms with E-state index in [2.05, 4.69) is 15.3 Å². The molecule has 3 N–H and O–H groups in total. The zero-order chi connectivity index (χ0) is 27.6. The molecule has 0 radical (unpaired) electrons. The van der Waals surface area contributed by atoms with Gasteiger partial charge in [0.1, 0.15) is 23.5 Å². The topological polar surface area (TPSA) is 116 Å². The van der Waals surface area contributed by atoms with Crippen LogP contribution < -0.4 is 11.2 Å². The molecule has 0 spiro atoms. The molecule has 1 aromatic carbocycles. The van der Waals surface area contributed by atoms with E-state index >= 15 is 0 Å². The fourth-order valence-corrected chi connectivity index (χ4v) is 4.86. The summed E-state index contributed by atoms with van der Waals surface area (Å²) in [6.07, 6.45) is 11.5. The van der Waals surface area contributed by atoms with Crippen molar-refractivity contribution in [2.24, 2.45) is 15.8 Å². The molecule has 0 saturated carbocycles. The molecule has 2 atom stereocenters. The van der Waals surface area contributed by atoms with Gasteiger partial charge in [0, 0.05) is 37.0 Å². The number of rotatable bonds is 7. The number of carbonyl (C=O) groups excluding carboxylic acids is 2. The largest absolute Gasteiger partial charge is 0.330 e. The maximum absolute atomic E-state index is 13.4. The molecule has 4 heterocycles. The lowest BCUT2D eigenvalue weighted by molar-refractivity contribution is -0.750. The first-order valence-corrected chi connectivity index (χ1v) is 12.6. The molecule has 0 aliphatic carbocycles. The Morgan fingerprint density at radius 1 is 1.26 bits per heavy atom. The molecule has 200 valence electrons. The van der Waals surface area contributed by atoms with Crippen LogP contribution in [-0.4, -0.2) is 76.5 Å². The summed E-state index contributed by atoms with van der Waals surface area (Å²) in [6.45, 7) is 1.31. The van der Waals surface area contributed by atoms with Gasteiger partial charge in [-0.05, 0) is 57.3 Å². The molecular formula is C28H30FN8O2+. The molecule has 2 amide bonds. The number of amidine groups is 1. The van der Waals surface area contributed by atoms with Crippen LogP contribution in [-0.2, 0) is 4.79 Å². The number of pyridine rings is 1. The lowest BCUT2D eigenvalue weighted by Gasteiger charge is -2.27. The molecule has 3 aliphatic rings. The van der Waals surface area contributed by atoms with Gasteiger partial charge in [-0.15, -0.1) is 4.59 Å². The van der Waals surface area contributed by atoms with Crippen molar-refractivity contribution in [3.8, 4) is 0 Å². The molecule has 3 aliphatic heterocycles. The second-order valence-electron chi connectivity index (χ2n) is 9.80. The molecule has 1 saturated heterocycles. The van der Waals surface area contributed by atoms with Crippen LogP contribution >= 0.6 is 0 Å². The van der Waals surface area contributed by atoms with Crippen molar-refractivity contribution in [2.45, 2.75) is 18.9 Å². The summed E-state index contributed by atoms with van der Waals surface area (Å²) < 4.78 is 13.3. The van der Waals surface area contributed by atoms with E-state index in [-0.39, 0.29) is 22.4 Å². The number of hydrogen-bond acceptors (Lipinski definition) is 7. The number of nitrogens with zero attached hydrogens (tertiary/aromatic N) is 6. The summed E-state index contributed by atoms with van der Waals surface area (Å²) >= 11 is 0. The number of halogens is 1. The number of aliphatic imine (C=N–C) groups is 2. The lowest BCUT2D eigenvalue weighted by Crippen LogP contribution is -2.53. The summed E-state index contributed by atoms with van der Waals surface area (Å²) in [5.41, 5.74) is 2.50. The Hall–Kier alpha value is -4.32. The molecular weight excluding hydrogens is 499 g/mol. The number of likely N-dealkylation sites (N-methyl/N-ethyl adjacent to an activating group) is 1. The van der Waals surface area contributed by atoms with Gasteiger partial charge in [-0.1, -0.05) is 6.08 Å². The van der Waals surface area contributed by atoms with Crippen molar-refractivity contribution in [1.82, 2.24) is 14.8 Å². The number of nitrogens with two attached hydrogens (primary N) is 1. The highest BCUT2D eigenvalue weighted by Crippen LogP contribution is 2.37. The average Bonchev–Trinajstić information content (AvgIpc) is 3.51. The summed E-state index contributed by atoms with van der Waals surface area (Å²) in [4.78, 5) is 42.8. The van der Waals surface area contributed by atoms with Gasteiger partial charge in [0.2, 0.25) is 11.6 Å². The normalized spacial score (nSPS) is 22.1. The van der Waals surface area contributed by atoms with Gasteiger partial charge in [-0.2, -0.15) is 10.8 Å². The van der Waals surface area contributed by atoms with Crippen molar-refractivity contribution >= 4 is 29.7 Å². The first-order chi connectivity index (χ1) is 18.8. The maximum atomic E-state index is 13.4. The van der Waals surface area contributed by atoms with Crippen LogP contribution in [0.1, 0.15) is 28.8 Å². The minimum atomic E-state index is -0.490. The second-order valence-corrected chi connectivity index (χ2v) is 9.80. The first kappa shape index (κ1) is 26.3. The number of anilines is 1. The summed E-state index contributed by atoms with van der Waals surface area (Å²) in [7, 11) is 3.90. The van der Waals surface area contributed by atoms with Crippen LogP contribution in [0.25, 0.3) is 0 Å². The number of hydrogen-bond donors (Lipinski definition) is 2. The summed E-state index contributed by atoms with van der Waals surface area (Å²) in [6, 6.07) is 8.96. The van der Waals surface area contributed by atoms with Gasteiger partial charge < -0.3 is 15.1 Å². The van der Waals surface area contributed by atoms with Crippen LogP contribution in [0, 0.1) is 5.82 Å². The van der Waals surface area contributed by atoms with E-state index in [0.29, 0.717) is 41.4 Å². The van der Waals surface area contributed by atoms with Gasteiger partial charge >= 0.3 is 0 Å².